The lowest BCUT2D eigenvalue weighted by atomic mass is 10.0. The maximum Gasteiger partial charge on any atom is 0.228 e. The topological polar surface area (TPSA) is 78.3 Å². The van der Waals surface area contributed by atoms with E-state index in [0.29, 0.717) is 12.5 Å². The van der Waals surface area contributed by atoms with Crippen molar-refractivity contribution in [2.75, 3.05) is 46.3 Å². The molecule has 1 amide bonds. The third-order valence-electron chi connectivity index (χ3n) is 6.60. The van der Waals surface area contributed by atoms with E-state index in [9.17, 15) is 4.79 Å². The number of likely N-dealkylation sites (N-methyl/N-ethyl adjacent to an activating group) is 1. The third-order valence-corrected chi connectivity index (χ3v) is 7.49. The minimum Gasteiger partial charge on any atom is -0.342 e. The number of pyridine rings is 2. The molecular formula is C23H29N7OS. The number of fused-ring (bicyclic) bond motifs is 1. The van der Waals surface area contributed by atoms with Gasteiger partial charge in [0, 0.05) is 62.5 Å². The number of aromatic nitrogens is 4. The average molecular weight is 452 g/mol. The van der Waals surface area contributed by atoms with Crippen molar-refractivity contribution in [3.8, 4) is 10.6 Å². The van der Waals surface area contributed by atoms with Crippen LogP contribution in [0.3, 0.4) is 0 Å². The second kappa shape index (κ2) is 9.17. The number of hydrogen-bond donors (Lipinski definition) is 0. The minimum absolute atomic E-state index is 0.164. The summed E-state index contributed by atoms with van der Waals surface area (Å²) in [6, 6.07) is 4.65. The first kappa shape index (κ1) is 21.4. The van der Waals surface area contributed by atoms with Crippen LogP contribution in [0.4, 0.5) is 0 Å². The Hall–Kier alpha value is -2.49. The van der Waals surface area contributed by atoms with Crippen LogP contribution in [0.15, 0.2) is 24.5 Å². The van der Waals surface area contributed by atoms with E-state index in [1.165, 1.54) is 0 Å². The molecule has 168 valence electrons. The van der Waals surface area contributed by atoms with Crippen molar-refractivity contribution in [1.29, 1.82) is 0 Å². The molecule has 0 atom stereocenters. The van der Waals surface area contributed by atoms with Crippen LogP contribution in [0.5, 0.6) is 0 Å². The molecule has 0 saturated carbocycles. The van der Waals surface area contributed by atoms with Gasteiger partial charge in [-0.2, -0.15) is 0 Å². The second-order valence-electron chi connectivity index (χ2n) is 8.85. The molecule has 2 aliphatic heterocycles. The van der Waals surface area contributed by atoms with Crippen molar-refractivity contribution in [2.24, 2.45) is 0 Å². The lowest BCUT2D eigenvalue weighted by molar-refractivity contribution is -0.132. The number of hydrogen-bond acceptors (Lipinski definition) is 8. The molecule has 9 heteroatoms. The van der Waals surface area contributed by atoms with Crippen molar-refractivity contribution in [3.05, 3.63) is 35.2 Å². The monoisotopic (exact) mass is 451 g/mol. The summed E-state index contributed by atoms with van der Waals surface area (Å²) < 4.78 is 0. The summed E-state index contributed by atoms with van der Waals surface area (Å²) in [5.41, 5.74) is 2.55. The van der Waals surface area contributed by atoms with Crippen LogP contribution < -0.4 is 0 Å². The van der Waals surface area contributed by atoms with Gasteiger partial charge in [0.2, 0.25) is 5.91 Å². The number of carbonyl (C=O) groups excluding carboxylic acids is 1. The van der Waals surface area contributed by atoms with Crippen molar-refractivity contribution in [2.45, 2.75) is 32.2 Å². The van der Waals surface area contributed by atoms with Gasteiger partial charge in [0.15, 0.2) is 0 Å². The van der Waals surface area contributed by atoms with E-state index >= 15 is 0 Å². The van der Waals surface area contributed by atoms with Crippen molar-refractivity contribution in [1.82, 2.24) is 34.9 Å². The van der Waals surface area contributed by atoms with Gasteiger partial charge in [-0.1, -0.05) is 11.3 Å². The van der Waals surface area contributed by atoms with E-state index in [1.807, 2.05) is 17.9 Å². The molecule has 32 heavy (non-hydrogen) atoms. The smallest absolute Gasteiger partial charge is 0.228 e. The van der Waals surface area contributed by atoms with Crippen molar-refractivity contribution >= 4 is 28.1 Å². The number of carbonyl (C=O) groups is 1. The van der Waals surface area contributed by atoms with Crippen LogP contribution in [-0.2, 0) is 11.2 Å². The second-order valence-corrected chi connectivity index (χ2v) is 10.0. The Kier molecular flexibility index (Phi) is 6.12. The van der Waals surface area contributed by atoms with Crippen molar-refractivity contribution < 1.29 is 4.79 Å². The standard InChI is InChI=1S/C23H29N7OS/c1-16-26-27-23(32-16)18-11-17-12-19(24-15-21(17)25-14-18)13-22(31)30-5-3-20(4-6-30)29-9-7-28(2)8-10-29/h11-12,14-15,20H,3-10,13H2,1-2H3. The van der Waals surface area contributed by atoms with Crippen LogP contribution in [0, 0.1) is 6.92 Å². The Balaban J connectivity index is 1.22. The molecule has 0 radical (unpaired) electrons. The molecule has 5 heterocycles. The molecule has 0 unspecified atom stereocenters. The highest BCUT2D eigenvalue weighted by molar-refractivity contribution is 7.14. The molecule has 0 N–H and O–H groups in total. The first-order valence-electron chi connectivity index (χ1n) is 11.3. The minimum atomic E-state index is 0.164. The summed E-state index contributed by atoms with van der Waals surface area (Å²) in [4.78, 5) is 29.0. The summed E-state index contributed by atoms with van der Waals surface area (Å²) in [7, 11) is 2.19. The van der Waals surface area contributed by atoms with Gasteiger partial charge in [0.1, 0.15) is 10.0 Å². The summed E-state index contributed by atoms with van der Waals surface area (Å²) in [6.07, 6.45) is 6.02. The van der Waals surface area contributed by atoms with Gasteiger partial charge in [-0.3, -0.25) is 19.7 Å². The summed E-state index contributed by atoms with van der Waals surface area (Å²) in [5.74, 6) is 0.164. The van der Waals surface area contributed by atoms with E-state index < -0.39 is 0 Å². The Bertz CT molecular complexity index is 1100. The fraction of sp³-hybridized carbons (Fsp3) is 0.522. The highest BCUT2D eigenvalue weighted by atomic mass is 32.1. The van der Waals surface area contributed by atoms with Gasteiger partial charge in [-0.05, 0) is 38.9 Å². The number of likely N-dealkylation sites (tertiary alicyclic amines) is 1. The van der Waals surface area contributed by atoms with E-state index in [4.69, 9.17) is 0 Å². The molecule has 3 aromatic rings. The molecule has 8 nitrogen and oxygen atoms in total. The molecule has 0 aliphatic carbocycles. The Labute approximate surface area is 192 Å². The third kappa shape index (κ3) is 4.65. The number of rotatable bonds is 4. The number of piperidine rings is 1. The van der Waals surface area contributed by atoms with Crippen LogP contribution in [0.2, 0.25) is 0 Å². The molecular weight excluding hydrogens is 422 g/mol. The molecule has 2 saturated heterocycles. The van der Waals surface area contributed by atoms with Crippen molar-refractivity contribution in [3.63, 3.8) is 0 Å². The number of amides is 1. The highest BCUT2D eigenvalue weighted by Crippen LogP contribution is 2.26. The number of aryl methyl sites for hydroxylation is 1. The number of nitrogens with zero attached hydrogens (tertiary/aromatic N) is 7. The van der Waals surface area contributed by atoms with Gasteiger partial charge >= 0.3 is 0 Å². The van der Waals surface area contributed by atoms with Crippen LogP contribution in [-0.4, -0.2) is 93.1 Å². The maximum atomic E-state index is 13.0. The molecule has 3 aromatic heterocycles. The fourth-order valence-electron chi connectivity index (χ4n) is 4.64. The van der Waals surface area contributed by atoms with Gasteiger partial charge in [0.25, 0.3) is 0 Å². The van der Waals surface area contributed by atoms with E-state index in [1.54, 1.807) is 23.7 Å². The van der Waals surface area contributed by atoms with E-state index in [-0.39, 0.29) is 5.91 Å². The highest BCUT2D eigenvalue weighted by Gasteiger charge is 2.28. The fourth-order valence-corrected chi connectivity index (χ4v) is 5.31. The van der Waals surface area contributed by atoms with Crippen LogP contribution >= 0.6 is 11.3 Å². The first-order valence-corrected chi connectivity index (χ1v) is 12.1. The molecule has 0 bridgehead atoms. The number of piperazine rings is 1. The van der Waals surface area contributed by atoms with Crippen LogP contribution in [0.25, 0.3) is 21.5 Å². The van der Waals surface area contributed by atoms with Gasteiger partial charge in [-0.25, -0.2) is 0 Å². The first-order chi connectivity index (χ1) is 15.5. The predicted octanol–water partition coefficient (Wildman–Crippen LogP) is 2.24. The maximum absolute atomic E-state index is 13.0. The zero-order valence-electron chi connectivity index (χ0n) is 18.7. The molecule has 5 rings (SSSR count). The lowest BCUT2D eigenvalue weighted by Gasteiger charge is -2.42. The SMILES string of the molecule is Cc1nnc(-c2cnc3cnc(CC(=O)N4CCC(N5CCN(C)CC5)CC4)cc3c2)s1. The summed E-state index contributed by atoms with van der Waals surface area (Å²) >= 11 is 1.55. The Morgan fingerprint density at radius 3 is 2.53 bits per heavy atom. The van der Waals surface area contributed by atoms with Gasteiger partial charge in [0.05, 0.1) is 23.8 Å². The normalized spacial score (nSPS) is 19.0. The summed E-state index contributed by atoms with van der Waals surface area (Å²) in [6.45, 7) is 8.18. The average Bonchev–Trinajstić information content (AvgIpc) is 3.25. The zero-order chi connectivity index (χ0) is 22.1. The zero-order valence-corrected chi connectivity index (χ0v) is 19.5. The molecule has 0 spiro atoms. The van der Waals surface area contributed by atoms with E-state index in [0.717, 1.165) is 84.3 Å². The predicted molar refractivity (Wildman–Crippen MR) is 126 cm³/mol. The summed E-state index contributed by atoms with van der Waals surface area (Å²) in [5, 5.41) is 11.1. The molecule has 0 aromatic carbocycles. The van der Waals surface area contributed by atoms with Crippen LogP contribution in [0.1, 0.15) is 23.5 Å². The quantitative estimate of drug-likeness (QED) is 0.602. The van der Waals surface area contributed by atoms with E-state index in [2.05, 4.69) is 43.1 Å². The largest absolute Gasteiger partial charge is 0.342 e. The van der Waals surface area contributed by atoms with Gasteiger partial charge in [-0.15, -0.1) is 10.2 Å². The molecule has 2 aliphatic rings. The lowest BCUT2D eigenvalue weighted by Crippen LogP contribution is -2.53. The Morgan fingerprint density at radius 2 is 1.81 bits per heavy atom. The molecule has 2 fully saturated rings. The van der Waals surface area contributed by atoms with Gasteiger partial charge < -0.3 is 9.80 Å². The Morgan fingerprint density at radius 1 is 1.03 bits per heavy atom.